The molecule has 2 aromatic rings. The van der Waals surface area contributed by atoms with Crippen molar-refractivity contribution in [2.75, 3.05) is 0 Å². The predicted molar refractivity (Wildman–Crippen MR) is 44.9 cm³/mol. The molecule has 1 aromatic carbocycles. The summed E-state index contributed by atoms with van der Waals surface area (Å²) in [6.07, 6.45) is 1.50. The number of hydrogen-bond acceptors (Lipinski definition) is 4. The van der Waals surface area contributed by atoms with E-state index in [4.69, 9.17) is 4.74 Å². The molecular weight excluding hydrogens is 168 g/mol. The van der Waals surface area contributed by atoms with E-state index >= 15 is 0 Å². The van der Waals surface area contributed by atoms with Gasteiger partial charge in [0.2, 0.25) is 0 Å². The fraction of sp³-hybridized carbons (Fsp3) is 0.125. The largest absolute Gasteiger partial charge is 0.471 e. The molecule has 0 aliphatic heterocycles. The molecule has 0 aliphatic rings. The Morgan fingerprint density at radius 2 is 2.08 bits per heavy atom. The van der Waals surface area contributed by atoms with Crippen LogP contribution in [0.3, 0.4) is 0 Å². The number of ether oxygens (including phenoxy) is 1. The molecule has 0 unspecified atom stereocenters. The van der Waals surface area contributed by atoms with Gasteiger partial charge in [0, 0.05) is 0 Å². The number of hydrogen-bond donors (Lipinski definition) is 0. The number of aromatic nitrogens is 4. The van der Waals surface area contributed by atoms with Gasteiger partial charge in [-0.25, -0.2) is 0 Å². The molecule has 2 rings (SSSR count). The summed E-state index contributed by atoms with van der Waals surface area (Å²) in [4.78, 5) is 0. The standard InChI is InChI=1S/C8H8N4O/c1-2-4-8(5-3-1)13-7-12-6-9-10-11-12/h1-6H,7H2. The Kier molecular flexibility index (Phi) is 2.18. The highest BCUT2D eigenvalue weighted by Gasteiger charge is 1.93. The van der Waals surface area contributed by atoms with Crippen LogP contribution in [0.15, 0.2) is 36.7 Å². The van der Waals surface area contributed by atoms with Gasteiger partial charge in [-0.05, 0) is 22.6 Å². The Hall–Kier alpha value is -1.91. The van der Waals surface area contributed by atoms with Crippen molar-refractivity contribution >= 4 is 0 Å². The van der Waals surface area contributed by atoms with Crippen LogP contribution in [-0.2, 0) is 6.73 Å². The summed E-state index contributed by atoms with van der Waals surface area (Å²) >= 11 is 0. The van der Waals surface area contributed by atoms with Gasteiger partial charge in [0.05, 0.1) is 0 Å². The second kappa shape index (κ2) is 3.66. The van der Waals surface area contributed by atoms with Gasteiger partial charge in [-0.15, -0.1) is 5.10 Å². The smallest absolute Gasteiger partial charge is 0.184 e. The molecule has 66 valence electrons. The lowest BCUT2D eigenvalue weighted by Gasteiger charge is -2.03. The summed E-state index contributed by atoms with van der Waals surface area (Å²) in [5.41, 5.74) is 0. The Bertz CT molecular complexity index is 346. The average molecular weight is 176 g/mol. The van der Waals surface area contributed by atoms with Crippen molar-refractivity contribution in [3.05, 3.63) is 36.7 Å². The summed E-state index contributed by atoms with van der Waals surface area (Å²) in [6, 6.07) is 9.52. The van der Waals surface area contributed by atoms with Crippen molar-refractivity contribution in [2.24, 2.45) is 0 Å². The monoisotopic (exact) mass is 176 g/mol. The van der Waals surface area contributed by atoms with Crippen molar-refractivity contribution in [2.45, 2.75) is 6.73 Å². The Labute approximate surface area is 75.0 Å². The third-order valence-electron chi connectivity index (χ3n) is 1.50. The summed E-state index contributed by atoms with van der Waals surface area (Å²) in [7, 11) is 0. The van der Waals surface area contributed by atoms with Crippen LogP contribution in [0.25, 0.3) is 0 Å². The minimum atomic E-state index is 0.330. The van der Waals surface area contributed by atoms with E-state index in [0.29, 0.717) is 6.73 Å². The van der Waals surface area contributed by atoms with Crippen LogP contribution in [0.2, 0.25) is 0 Å². The number of rotatable bonds is 3. The van der Waals surface area contributed by atoms with E-state index in [2.05, 4.69) is 15.5 Å². The third kappa shape index (κ3) is 2.02. The number of para-hydroxylation sites is 1. The van der Waals surface area contributed by atoms with Crippen molar-refractivity contribution in [1.82, 2.24) is 20.2 Å². The predicted octanol–water partition coefficient (Wildman–Crippen LogP) is 0.710. The zero-order valence-corrected chi connectivity index (χ0v) is 6.87. The zero-order valence-electron chi connectivity index (χ0n) is 6.87. The maximum absolute atomic E-state index is 5.37. The molecule has 1 heterocycles. The van der Waals surface area contributed by atoms with Crippen LogP contribution in [-0.4, -0.2) is 20.2 Å². The first-order chi connectivity index (χ1) is 6.45. The fourth-order valence-electron chi connectivity index (χ4n) is 0.897. The molecule has 0 bridgehead atoms. The Morgan fingerprint density at radius 1 is 1.23 bits per heavy atom. The Morgan fingerprint density at radius 3 is 2.77 bits per heavy atom. The van der Waals surface area contributed by atoms with E-state index < -0.39 is 0 Å². The molecule has 5 heteroatoms. The molecule has 0 aliphatic carbocycles. The molecule has 1 aromatic heterocycles. The second-order valence-corrected chi connectivity index (χ2v) is 2.44. The van der Waals surface area contributed by atoms with E-state index in [1.54, 1.807) is 0 Å². The lowest BCUT2D eigenvalue weighted by molar-refractivity contribution is 0.218. The Balaban J connectivity index is 1.94. The van der Waals surface area contributed by atoms with Crippen molar-refractivity contribution < 1.29 is 4.74 Å². The lowest BCUT2D eigenvalue weighted by atomic mass is 10.3. The van der Waals surface area contributed by atoms with Crippen LogP contribution in [0.5, 0.6) is 5.75 Å². The summed E-state index contributed by atoms with van der Waals surface area (Å²) < 4.78 is 6.88. The van der Waals surface area contributed by atoms with Crippen molar-refractivity contribution in [3.8, 4) is 5.75 Å². The zero-order chi connectivity index (χ0) is 8.93. The van der Waals surface area contributed by atoms with Crippen LogP contribution in [0, 0.1) is 0 Å². The number of nitrogens with zero attached hydrogens (tertiary/aromatic N) is 4. The van der Waals surface area contributed by atoms with Crippen molar-refractivity contribution in [3.63, 3.8) is 0 Å². The summed E-state index contributed by atoms with van der Waals surface area (Å²) in [6.45, 7) is 0.330. The van der Waals surface area contributed by atoms with Gasteiger partial charge >= 0.3 is 0 Å². The summed E-state index contributed by atoms with van der Waals surface area (Å²) in [5.74, 6) is 0.804. The van der Waals surface area contributed by atoms with E-state index in [-0.39, 0.29) is 0 Å². The molecule has 0 saturated carbocycles. The topological polar surface area (TPSA) is 52.8 Å². The molecule has 0 radical (unpaired) electrons. The molecule has 0 spiro atoms. The van der Waals surface area contributed by atoms with E-state index in [1.165, 1.54) is 11.0 Å². The molecule has 0 atom stereocenters. The number of benzene rings is 1. The van der Waals surface area contributed by atoms with Gasteiger partial charge in [-0.3, -0.25) is 0 Å². The third-order valence-corrected chi connectivity index (χ3v) is 1.50. The van der Waals surface area contributed by atoms with Gasteiger partial charge in [-0.2, -0.15) is 4.68 Å². The highest BCUT2D eigenvalue weighted by Crippen LogP contribution is 2.08. The molecular formula is C8H8N4O. The lowest BCUT2D eigenvalue weighted by Crippen LogP contribution is -2.05. The maximum Gasteiger partial charge on any atom is 0.184 e. The van der Waals surface area contributed by atoms with Gasteiger partial charge in [0.1, 0.15) is 12.1 Å². The molecule has 13 heavy (non-hydrogen) atoms. The maximum atomic E-state index is 5.37. The minimum Gasteiger partial charge on any atom is -0.471 e. The molecule has 0 amide bonds. The van der Waals surface area contributed by atoms with Gasteiger partial charge in [0.25, 0.3) is 0 Å². The molecule has 5 nitrogen and oxygen atoms in total. The van der Waals surface area contributed by atoms with E-state index in [0.717, 1.165) is 5.75 Å². The average Bonchev–Trinajstić information content (AvgIpc) is 2.69. The van der Waals surface area contributed by atoms with Crippen molar-refractivity contribution in [1.29, 1.82) is 0 Å². The second-order valence-electron chi connectivity index (χ2n) is 2.44. The van der Waals surface area contributed by atoms with E-state index in [1.807, 2.05) is 30.3 Å². The van der Waals surface area contributed by atoms with Crippen LogP contribution >= 0.6 is 0 Å². The van der Waals surface area contributed by atoms with E-state index in [9.17, 15) is 0 Å². The van der Waals surface area contributed by atoms with Crippen LogP contribution < -0.4 is 4.74 Å². The van der Waals surface area contributed by atoms with Gasteiger partial charge in [0.15, 0.2) is 6.73 Å². The summed E-state index contributed by atoms with van der Waals surface area (Å²) in [5, 5.41) is 10.6. The first kappa shape index (κ1) is 7.72. The quantitative estimate of drug-likeness (QED) is 0.691. The fourth-order valence-corrected chi connectivity index (χ4v) is 0.897. The first-order valence-electron chi connectivity index (χ1n) is 3.84. The normalized spacial score (nSPS) is 9.85. The molecule has 0 saturated heterocycles. The molecule has 0 N–H and O–H groups in total. The molecule has 0 fully saturated rings. The first-order valence-corrected chi connectivity index (χ1v) is 3.84. The minimum absolute atomic E-state index is 0.330. The SMILES string of the molecule is c1ccc(OCn2cnnn2)cc1. The van der Waals surface area contributed by atoms with Gasteiger partial charge < -0.3 is 4.74 Å². The highest BCUT2D eigenvalue weighted by atomic mass is 16.5. The van der Waals surface area contributed by atoms with Crippen LogP contribution in [0.4, 0.5) is 0 Å². The number of tetrazole rings is 1. The van der Waals surface area contributed by atoms with Crippen LogP contribution in [0.1, 0.15) is 0 Å². The van der Waals surface area contributed by atoms with Gasteiger partial charge in [-0.1, -0.05) is 18.2 Å². The highest BCUT2D eigenvalue weighted by molar-refractivity contribution is 5.20.